The Morgan fingerprint density at radius 1 is 1.11 bits per heavy atom. The quantitative estimate of drug-likeness (QED) is 0.805. The number of hydrogen-bond donors (Lipinski definition) is 0. The van der Waals surface area contributed by atoms with Crippen LogP contribution in [-0.4, -0.2) is 42.5 Å². The zero-order valence-corrected chi connectivity index (χ0v) is 12.4. The Balaban J connectivity index is 1.70. The van der Waals surface area contributed by atoms with Gasteiger partial charge in [0.25, 0.3) is 0 Å². The molecule has 3 rings (SSSR count). The second kappa shape index (κ2) is 5.64. The van der Waals surface area contributed by atoms with Crippen LogP contribution in [0, 0.1) is 0 Å². The van der Waals surface area contributed by atoms with Crippen LogP contribution in [0.1, 0.15) is 36.5 Å². The summed E-state index contributed by atoms with van der Waals surface area (Å²) in [5.41, 5.74) is 4.66. The smallest absolute Gasteiger partial charge is 0.0239 e. The molecule has 0 amide bonds. The van der Waals surface area contributed by atoms with Crippen LogP contribution < -0.4 is 0 Å². The van der Waals surface area contributed by atoms with E-state index in [1.807, 2.05) is 0 Å². The third-order valence-corrected chi connectivity index (χ3v) is 4.93. The number of piperidine rings is 1. The second-order valence-corrected chi connectivity index (χ2v) is 6.21. The molecule has 2 nitrogen and oxygen atoms in total. The molecule has 19 heavy (non-hydrogen) atoms. The summed E-state index contributed by atoms with van der Waals surface area (Å²) < 4.78 is 0. The molecule has 0 aliphatic carbocycles. The van der Waals surface area contributed by atoms with Crippen LogP contribution in [-0.2, 0) is 19.4 Å². The van der Waals surface area contributed by atoms with Crippen molar-refractivity contribution in [1.29, 1.82) is 0 Å². The van der Waals surface area contributed by atoms with Gasteiger partial charge >= 0.3 is 0 Å². The molecule has 0 atom stereocenters. The molecule has 0 N–H and O–H groups in total. The fourth-order valence-electron chi connectivity index (χ4n) is 3.52. The maximum absolute atomic E-state index is 2.73. The van der Waals surface area contributed by atoms with E-state index in [0.717, 1.165) is 12.5 Å². The van der Waals surface area contributed by atoms with Crippen molar-refractivity contribution in [3.8, 4) is 0 Å². The number of rotatable bonds is 2. The second-order valence-electron chi connectivity index (χ2n) is 6.21. The number of likely N-dealkylation sites (tertiary alicyclic amines) is 1. The Labute approximate surface area is 117 Å². The van der Waals surface area contributed by atoms with Gasteiger partial charge in [0, 0.05) is 19.1 Å². The van der Waals surface area contributed by atoms with E-state index in [-0.39, 0.29) is 0 Å². The lowest BCUT2D eigenvalue weighted by Crippen LogP contribution is -2.45. The molecule has 2 aliphatic rings. The van der Waals surface area contributed by atoms with Gasteiger partial charge in [-0.05, 0) is 62.5 Å². The Hall–Kier alpha value is -0.860. The summed E-state index contributed by atoms with van der Waals surface area (Å²) in [6.45, 7) is 7.22. The van der Waals surface area contributed by atoms with E-state index in [4.69, 9.17) is 0 Å². The van der Waals surface area contributed by atoms with E-state index in [1.54, 1.807) is 11.1 Å². The lowest BCUT2D eigenvalue weighted by Gasteiger charge is -2.40. The summed E-state index contributed by atoms with van der Waals surface area (Å²) in [5.74, 6) is 0. The van der Waals surface area contributed by atoms with E-state index < -0.39 is 0 Å². The topological polar surface area (TPSA) is 6.48 Å². The lowest BCUT2D eigenvalue weighted by atomic mass is 9.94. The zero-order valence-electron chi connectivity index (χ0n) is 12.4. The fourth-order valence-corrected chi connectivity index (χ4v) is 3.52. The molecule has 2 heteroatoms. The molecule has 0 saturated carbocycles. The van der Waals surface area contributed by atoms with Crippen molar-refractivity contribution in [1.82, 2.24) is 9.80 Å². The maximum atomic E-state index is 2.73. The van der Waals surface area contributed by atoms with Crippen molar-refractivity contribution < 1.29 is 0 Å². The summed E-state index contributed by atoms with van der Waals surface area (Å²) in [7, 11) is 2.25. The van der Waals surface area contributed by atoms with Gasteiger partial charge in [0.1, 0.15) is 0 Å². The minimum absolute atomic E-state index is 0.814. The van der Waals surface area contributed by atoms with Crippen LogP contribution in [0.2, 0.25) is 0 Å². The monoisotopic (exact) mass is 258 g/mol. The van der Waals surface area contributed by atoms with Gasteiger partial charge in [-0.15, -0.1) is 0 Å². The van der Waals surface area contributed by atoms with Crippen LogP contribution in [0.4, 0.5) is 0 Å². The summed E-state index contributed by atoms with van der Waals surface area (Å²) in [4.78, 5) is 5.19. The normalized spacial score (nSPS) is 22.4. The maximum Gasteiger partial charge on any atom is 0.0239 e. The number of aryl methyl sites for hydroxylation is 1. The summed E-state index contributed by atoms with van der Waals surface area (Å²) in [6, 6.07) is 7.93. The zero-order chi connectivity index (χ0) is 13.2. The van der Waals surface area contributed by atoms with E-state index in [9.17, 15) is 0 Å². The van der Waals surface area contributed by atoms with Crippen molar-refractivity contribution >= 4 is 0 Å². The number of nitrogens with zero attached hydrogens (tertiary/aromatic N) is 2. The molecule has 1 aromatic rings. The summed E-state index contributed by atoms with van der Waals surface area (Å²) in [5, 5.41) is 0. The van der Waals surface area contributed by atoms with Gasteiger partial charge < -0.3 is 4.90 Å². The third-order valence-electron chi connectivity index (χ3n) is 4.93. The van der Waals surface area contributed by atoms with Gasteiger partial charge in [-0.2, -0.15) is 0 Å². The van der Waals surface area contributed by atoms with Crippen LogP contribution in [0.15, 0.2) is 18.2 Å². The first-order chi connectivity index (χ1) is 9.26. The number of fused-ring (bicyclic) bond motifs is 1. The van der Waals surface area contributed by atoms with Gasteiger partial charge in [0.15, 0.2) is 0 Å². The Morgan fingerprint density at radius 2 is 1.89 bits per heavy atom. The first kappa shape index (κ1) is 13.1. The van der Waals surface area contributed by atoms with Gasteiger partial charge in [0.2, 0.25) is 0 Å². The molecule has 0 bridgehead atoms. The van der Waals surface area contributed by atoms with E-state index >= 15 is 0 Å². The van der Waals surface area contributed by atoms with E-state index in [2.05, 4.69) is 42.0 Å². The predicted molar refractivity (Wildman–Crippen MR) is 80.5 cm³/mol. The van der Waals surface area contributed by atoms with Gasteiger partial charge in [-0.1, -0.05) is 25.1 Å². The molecule has 1 aromatic carbocycles. The molecule has 104 valence electrons. The van der Waals surface area contributed by atoms with Crippen molar-refractivity contribution in [2.75, 3.05) is 26.7 Å². The summed E-state index contributed by atoms with van der Waals surface area (Å²) in [6.07, 6.45) is 5.09. The predicted octanol–water partition coefficient (Wildman–Crippen LogP) is 2.70. The van der Waals surface area contributed by atoms with Crippen LogP contribution >= 0.6 is 0 Å². The molecule has 2 heterocycles. The highest BCUT2D eigenvalue weighted by atomic mass is 15.2. The highest BCUT2D eigenvalue weighted by molar-refractivity contribution is 5.34. The van der Waals surface area contributed by atoms with Gasteiger partial charge in [0.05, 0.1) is 0 Å². The van der Waals surface area contributed by atoms with Crippen molar-refractivity contribution in [2.45, 2.75) is 45.2 Å². The van der Waals surface area contributed by atoms with Gasteiger partial charge in [-0.25, -0.2) is 0 Å². The standard InChI is InChI=1S/C17H26N2/c1-3-14-4-5-15-6-11-19(13-16(15)12-14)17-7-9-18(2)10-8-17/h4-5,12,17H,3,6-11,13H2,1-2H3. The van der Waals surface area contributed by atoms with Crippen molar-refractivity contribution in [3.63, 3.8) is 0 Å². The van der Waals surface area contributed by atoms with Crippen molar-refractivity contribution in [2.24, 2.45) is 0 Å². The highest BCUT2D eigenvalue weighted by Gasteiger charge is 2.26. The number of benzene rings is 1. The van der Waals surface area contributed by atoms with E-state index in [1.165, 1.54) is 51.0 Å². The molecule has 2 aliphatic heterocycles. The van der Waals surface area contributed by atoms with Crippen LogP contribution in [0.25, 0.3) is 0 Å². The number of hydrogen-bond acceptors (Lipinski definition) is 2. The Morgan fingerprint density at radius 3 is 2.63 bits per heavy atom. The molecule has 1 saturated heterocycles. The third kappa shape index (κ3) is 2.85. The molecule has 0 radical (unpaired) electrons. The highest BCUT2D eigenvalue weighted by Crippen LogP contribution is 2.25. The van der Waals surface area contributed by atoms with Crippen molar-refractivity contribution in [3.05, 3.63) is 34.9 Å². The molecular formula is C17H26N2. The average molecular weight is 258 g/mol. The fraction of sp³-hybridized carbons (Fsp3) is 0.647. The van der Waals surface area contributed by atoms with Crippen LogP contribution in [0.3, 0.4) is 0 Å². The average Bonchev–Trinajstić information content (AvgIpc) is 2.47. The molecule has 0 aromatic heterocycles. The molecule has 0 unspecified atom stereocenters. The Bertz CT molecular complexity index is 433. The largest absolute Gasteiger partial charge is 0.306 e. The summed E-state index contributed by atoms with van der Waals surface area (Å²) >= 11 is 0. The minimum atomic E-state index is 0.814. The Kier molecular flexibility index (Phi) is 3.90. The van der Waals surface area contributed by atoms with Gasteiger partial charge in [-0.3, -0.25) is 4.90 Å². The minimum Gasteiger partial charge on any atom is -0.306 e. The SMILES string of the molecule is CCc1ccc2c(c1)CN(C1CCN(C)CC1)CC2. The lowest BCUT2D eigenvalue weighted by molar-refractivity contribution is 0.109. The first-order valence-electron chi connectivity index (χ1n) is 7.79. The molecular weight excluding hydrogens is 232 g/mol. The molecule has 0 spiro atoms. The van der Waals surface area contributed by atoms with E-state index in [0.29, 0.717) is 0 Å². The molecule has 1 fully saturated rings. The van der Waals surface area contributed by atoms with Crippen LogP contribution in [0.5, 0.6) is 0 Å². The first-order valence-corrected chi connectivity index (χ1v) is 7.79.